The monoisotopic (exact) mass is 196 g/mol. The predicted molar refractivity (Wildman–Crippen MR) is 62.6 cm³/mol. The van der Waals surface area contributed by atoms with Gasteiger partial charge in [0, 0.05) is 6.04 Å². The molecule has 14 heavy (non-hydrogen) atoms. The van der Waals surface area contributed by atoms with Crippen molar-refractivity contribution in [1.82, 2.24) is 9.80 Å². The maximum atomic E-state index is 3.75. The highest BCUT2D eigenvalue weighted by atomic mass is 15.2. The molecular weight excluding hydrogens is 172 g/mol. The SMILES string of the molecule is C=CCCCN(C)C1CCN(C)CC1. The third kappa shape index (κ3) is 3.81. The zero-order valence-corrected chi connectivity index (χ0v) is 9.71. The van der Waals surface area contributed by atoms with Gasteiger partial charge in [0.15, 0.2) is 0 Å². The van der Waals surface area contributed by atoms with Crippen LogP contribution in [-0.4, -0.2) is 49.6 Å². The van der Waals surface area contributed by atoms with E-state index in [9.17, 15) is 0 Å². The van der Waals surface area contributed by atoms with Crippen LogP contribution < -0.4 is 0 Å². The van der Waals surface area contributed by atoms with Crippen molar-refractivity contribution in [2.45, 2.75) is 31.7 Å². The lowest BCUT2D eigenvalue weighted by atomic mass is 10.0. The molecule has 1 rings (SSSR count). The molecule has 1 aliphatic heterocycles. The summed E-state index contributed by atoms with van der Waals surface area (Å²) in [5.74, 6) is 0. The average molecular weight is 196 g/mol. The van der Waals surface area contributed by atoms with Crippen LogP contribution in [-0.2, 0) is 0 Å². The number of hydrogen-bond acceptors (Lipinski definition) is 2. The standard InChI is InChI=1S/C12H24N2/c1-4-5-6-9-14(3)12-7-10-13(2)11-8-12/h4,12H,1,5-11H2,2-3H3. The molecule has 0 aromatic carbocycles. The van der Waals surface area contributed by atoms with Gasteiger partial charge >= 0.3 is 0 Å². The van der Waals surface area contributed by atoms with Crippen molar-refractivity contribution in [3.63, 3.8) is 0 Å². The minimum absolute atomic E-state index is 0.816. The smallest absolute Gasteiger partial charge is 0.0117 e. The van der Waals surface area contributed by atoms with Crippen LogP contribution in [0.25, 0.3) is 0 Å². The summed E-state index contributed by atoms with van der Waals surface area (Å²) in [6.45, 7) is 7.50. The van der Waals surface area contributed by atoms with Gasteiger partial charge in [-0.2, -0.15) is 0 Å². The van der Waals surface area contributed by atoms with Gasteiger partial charge in [-0.1, -0.05) is 6.08 Å². The second kappa shape index (κ2) is 6.20. The van der Waals surface area contributed by atoms with Crippen molar-refractivity contribution in [2.75, 3.05) is 33.7 Å². The Balaban J connectivity index is 2.16. The van der Waals surface area contributed by atoms with Crippen molar-refractivity contribution in [3.8, 4) is 0 Å². The number of rotatable bonds is 5. The minimum atomic E-state index is 0.816. The highest BCUT2D eigenvalue weighted by Gasteiger charge is 2.19. The second-order valence-electron chi connectivity index (χ2n) is 4.45. The van der Waals surface area contributed by atoms with Crippen LogP contribution in [0.3, 0.4) is 0 Å². The summed E-state index contributed by atoms with van der Waals surface area (Å²) >= 11 is 0. The van der Waals surface area contributed by atoms with Crippen molar-refractivity contribution < 1.29 is 0 Å². The van der Waals surface area contributed by atoms with Gasteiger partial charge in [0.1, 0.15) is 0 Å². The van der Waals surface area contributed by atoms with Gasteiger partial charge in [0.2, 0.25) is 0 Å². The number of nitrogens with zero attached hydrogens (tertiary/aromatic N) is 2. The molecule has 0 spiro atoms. The molecule has 1 saturated heterocycles. The first kappa shape index (κ1) is 11.7. The molecule has 0 N–H and O–H groups in total. The largest absolute Gasteiger partial charge is 0.306 e. The Hall–Kier alpha value is -0.340. The van der Waals surface area contributed by atoms with E-state index in [0.717, 1.165) is 12.5 Å². The fourth-order valence-corrected chi connectivity index (χ4v) is 2.10. The van der Waals surface area contributed by atoms with E-state index in [2.05, 4.69) is 30.5 Å². The van der Waals surface area contributed by atoms with Crippen molar-refractivity contribution in [2.24, 2.45) is 0 Å². The van der Waals surface area contributed by atoms with Gasteiger partial charge < -0.3 is 9.80 Å². The fraction of sp³-hybridized carbons (Fsp3) is 0.833. The van der Waals surface area contributed by atoms with Crippen LogP contribution >= 0.6 is 0 Å². The summed E-state index contributed by atoms with van der Waals surface area (Å²) in [4.78, 5) is 4.95. The summed E-state index contributed by atoms with van der Waals surface area (Å²) in [7, 11) is 4.48. The fourth-order valence-electron chi connectivity index (χ4n) is 2.10. The Labute approximate surface area is 88.6 Å². The maximum Gasteiger partial charge on any atom is 0.0117 e. The molecule has 0 aromatic heterocycles. The first-order valence-corrected chi connectivity index (χ1v) is 5.73. The minimum Gasteiger partial charge on any atom is -0.306 e. The third-order valence-electron chi connectivity index (χ3n) is 3.23. The maximum absolute atomic E-state index is 3.75. The van der Waals surface area contributed by atoms with E-state index in [4.69, 9.17) is 0 Å². The summed E-state index contributed by atoms with van der Waals surface area (Å²) in [6.07, 6.45) is 7.09. The Morgan fingerprint density at radius 1 is 1.43 bits per heavy atom. The van der Waals surface area contributed by atoms with Crippen LogP contribution in [0, 0.1) is 0 Å². The van der Waals surface area contributed by atoms with Crippen molar-refractivity contribution in [1.29, 1.82) is 0 Å². The van der Waals surface area contributed by atoms with Crippen molar-refractivity contribution in [3.05, 3.63) is 12.7 Å². The van der Waals surface area contributed by atoms with Crippen LogP contribution in [0.15, 0.2) is 12.7 Å². The molecule has 0 unspecified atom stereocenters. The van der Waals surface area contributed by atoms with Gasteiger partial charge in [-0.25, -0.2) is 0 Å². The third-order valence-corrected chi connectivity index (χ3v) is 3.23. The molecule has 0 radical (unpaired) electrons. The Morgan fingerprint density at radius 3 is 2.64 bits per heavy atom. The van der Waals surface area contributed by atoms with E-state index in [-0.39, 0.29) is 0 Å². The lowest BCUT2D eigenvalue weighted by molar-refractivity contribution is 0.143. The van der Waals surface area contributed by atoms with Gasteiger partial charge in [-0.05, 0) is 59.4 Å². The van der Waals surface area contributed by atoms with Gasteiger partial charge in [-0.3, -0.25) is 0 Å². The molecule has 1 fully saturated rings. The molecule has 0 bridgehead atoms. The molecule has 82 valence electrons. The summed E-state index contributed by atoms with van der Waals surface area (Å²) in [5, 5.41) is 0. The number of allylic oxidation sites excluding steroid dienone is 1. The molecule has 2 nitrogen and oxygen atoms in total. The zero-order valence-electron chi connectivity index (χ0n) is 9.71. The van der Waals surface area contributed by atoms with E-state index in [1.54, 1.807) is 0 Å². The van der Waals surface area contributed by atoms with Crippen LogP contribution in [0.5, 0.6) is 0 Å². The summed E-state index contributed by atoms with van der Waals surface area (Å²) < 4.78 is 0. The Kier molecular flexibility index (Phi) is 5.20. The molecule has 0 saturated carbocycles. The summed E-state index contributed by atoms with van der Waals surface area (Å²) in [5.41, 5.74) is 0. The van der Waals surface area contributed by atoms with Gasteiger partial charge in [0.25, 0.3) is 0 Å². The second-order valence-corrected chi connectivity index (χ2v) is 4.45. The highest BCUT2D eigenvalue weighted by Crippen LogP contribution is 2.14. The molecule has 0 aromatic rings. The van der Waals surface area contributed by atoms with Gasteiger partial charge in [-0.15, -0.1) is 6.58 Å². The molecule has 1 heterocycles. The first-order valence-electron chi connectivity index (χ1n) is 5.73. The normalized spacial score (nSPS) is 20.2. The van der Waals surface area contributed by atoms with Crippen molar-refractivity contribution >= 4 is 0 Å². The molecule has 0 atom stereocenters. The molecule has 1 aliphatic rings. The molecule has 2 heteroatoms. The summed E-state index contributed by atoms with van der Waals surface area (Å²) in [6, 6.07) is 0.816. The number of hydrogen-bond donors (Lipinski definition) is 0. The molecular formula is C12H24N2. The topological polar surface area (TPSA) is 6.48 Å². The van der Waals surface area contributed by atoms with E-state index < -0.39 is 0 Å². The quantitative estimate of drug-likeness (QED) is 0.490. The number of unbranched alkanes of at least 4 members (excludes halogenated alkanes) is 1. The van der Waals surface area contributed by atoms with Gasteiger partial charge in [0.05, 0.1) is 0 Å². The Morgan fingerprint density at radius 2 is 2.07 bits per heavy atom. The lowest BCUT2D eigenvalue weighted by Gasteiger charge is -2.35. The predicted octanol–water partition coefficient (Wildman–Crippen LogP) is 1.98. The van der Waals surface area contributed by atoms with E-state index >= 15 is 0 Å². The zero-order chi connectivity index (χ0) is 10.4. The van der Waals surface area contributed by atoms with Crippen LogP contribution in [0.4, 0.5) is 0 Å². The number of likely N-dealkylation sites (tertiary alicyclic amines) is 1. The molecule has 0 amide bonds. The van der Waals surface area contributed by atoms with Crippen LogP contribution in [0.1, 0.15) is 25.7 Å². The van der Waals surface area contributed by atoms with Crippen LogP contribution in [0.2, 0.25) is 0 Å². The Bertz CT molecular complexity index is 160. The first-order chi connectivity index (χ1) is 6.74. The number of piperidine rings is 1. The average Bonchev–Trinajstić information content (AvgIpc) is 2.19. The van der Waals surface area contributed by atoms with E-state index in [1.165, 1.54) is 38.9 Å². The van der Waals surface area contributed by atoms with E-state index in [0.29, 0.717) is 0 Å². The highest BCUT2D eigenvalue weighted by molar-refractivity contribution is 4.77. The molecule has 0 aliphatic carbocycles. The van der Waals surface area contributed by atoms with E-state index in [1.807, 2.05) is 6.08 Å². The lowest BCUT2D eigenvalue weighted by Crippen LogP contribution is -2.42.